The third-order valence-corrected chi connectivity index (χ3v) is 3.39. The van der Waals surface area contributed by atoms with Crippen LogP contribution >= 0.6 is 11.6 Å². The number of carbonyl (C=O) groups is 2. The van der Waals surface area contributed by atoms with Crippen LogP contribution in [-0.2, 0) is 4.79 Å². The summed E-state index contributed by atoms with van der Waals surface area (Å²) in [5, 5.41) is 5.86. The van der Waals surface area contributed by atoms with Crippen LogP contribution < -0.4 is 15.4 Å². The van der Waals surface area contributed by atoms with Gasteiger partial charge in [0, 0.05) is 23.3 Å². The SMILES string of the molecule is CNC(=O)c1ccc(NC(=O)COc2ccc(Cl)cc2C)cc1. The fraction of sp³-hybridized carbons (Fsp3) is 0.176. The average Bonchev–Trinajstić information content (AvgIpc) is 2.54. The van der Waals surface area contributed by atoms with Crippen LogP contribution in [-0.4, -0.2) is 25.5 Å². The molecule has 0 spiro atoms. The summed E-state index contributed by atoms with van der Waals surface area (Å²) in [5.41, 5.74) is 1.98. The molecular formula is C17H17ClN2O3. The van der Waals surface area contributed by atoms with Crippen LogP contribution in [0.3, 0.4) is 0 Å². The third-order valence-electron chi connectivity index (χ3n) is 3.15. The molecule has 6 heteroatoms. The van der Waals surface area contributed by atoms with E-state index in [1.165, 1.54) is 0 Å². The number of hydrogen-bond acceptors (Lipinski definition) is 3. The Morgan fingerprint density at radius 1 is 1.13 bits per heavy atom. The number of benzene rings is 2. The minimum atomic E-state index is -0.285. The molecule has 0 heterocycles. The number of nitrogens with one attached hydrogen (secondary N) is 2. The van der Waals surface area contributed by atoms with Crippen molar-refractivity contribution in [3.05, 3.63) is 58.6 Å². The van der Waals surface area contributed by atoms with Crippen molar-refractivity contribution in [2.45, 2.75) is 6.92 Å². The molecule has 0 atom stereocenters. The summed E-state index contributed by atoms with van der Waals surface area (Å²) in [5.74, 6) is 0.149. The molecule has 0 fully saturated rings. The van der Waals surface area contributed by atoms with E-state index in [9.17, 15) is 9.59 Å². The fourth-order valence-electron chi connectivity index (χ4n) is 1.96. The standard InChI is InChI=1S/C17H17ClN2O3/c1-11-9-13(18)5-8-15(11)23-10-16(21)20-14-6-3-12(4-7-14)17(22)19-2/h3-9H,10H2,1-2H3,(H,19,22)(H,20,21). The first-order chi connectivity index (χ1) is 11.0. The number of anilines is 1. The molecule has 0 unspecified atom stereocenters. The first-order valence-corrected chi connectivity index (χ1v) is 7.38. The third kappa shape index (κ3) is 4.72. The first kappa shape index (κ1) is 16.8. The van der Waals surface area contributed by atoms with E-state index in [-0.39, 0.29) is 18.4 Å². The molecule has 0 aromatic heterocycles. The highest BCUT2D eigenvalue weighted by Gasteiger charge is 2.07. The van der Waals surface area contributed by atoms with E-state index in [4.69, 9.17) is 16.3 Å². The summed E-state index contributed by atoms with van der Waals surface area (Å²) >= 11 is 5.87. The lowest BCUT2D eigenvalue weighted by Gasteiger charge is -2.10. The average molecular weight is 333 g/mol. The molecule has 0 aliphatic heterocycles. The maximum absolute atomic E-state index is 11.9. The summed E-state index contributed by atoms with van der Waals surface area (Å²) in [4.78, 5) is 23.3. The Labute approximate surface area is 139 Å². The molecule has 2 rings (SSSR count). The molecule has 120 valence electrons. The van der Waals surface area contributed by atoms with Crippen LogP contribution in [0.4, 0.5) is 5.69 Å². The van der Waals surface area contributed by atoms with Gasteiger partial charge in [-0.1, -0.05) is 11.6 Å². The van der Waals surface area contributed by atoms with Gasteiger partial charge in [-0.2, -0.15) is 0 Å². The van der Waals surface area contributed by atoms with Crippen LogP contribution in [0, 0.1) is 6.92 Å². The molecule has 0 saturated heterocycles. The highest BCUT2D eigenvalue weighted by molar-refractivity contribution is 6.30. The Balaban J connectivity index is 1.90. The number of hydrogen-bond donors (Lipinski definition) is 2. The molecular weight excluding hydrogens is 316 g/mol. The zero-order chi connectivity index (χ0) is 16.8. The van der Waals surface area contributed by atoms with Crippen molar-refractivity contribution in [2.75, 3.05) is 19.0 Å². The Morgan fingerprint density at radius 3 is 2.43 bits per heavy atom. The number of halogens is 1. The first-order valence-electron chi connectivity index (χ1n) is 7.00. The van der Waals surface area contributed by atoms with E-state index < -0.39 is 0 Å². The number of aryl methyl sites for hydroxylation is 1. The maximum atomic E-state index is 11.9. The van der Waals surface area contributed by atoms with Crippen molar-refractivity contribution < 1.29 is 14.3 Å². The molecule has 0 bridgehead atoms. The van der Waals surface area contributed by atoms with Gasteiger partial charge in [0.15, 0.2) is 6.61 Å². The minimum Gasteiger partial charge on any atom is -0.483 e. The molecule has 2 aromatic carbocycles. The van der Waals surface area contributed by atoms with Gasteiger partial charge in [0.1, 0.15) is 5.75 Å². The maximum Gasteiger partial charge on any atom is 0.262 e. The normalized spacial score (nSPS) is 10.0. The predicted octanol–water partition coefficient (Wildman–Crippen LogP) is 3.03. The second kappa shape index (κ2) is 7.65. The second-order valence-corrected chi connectivity index (χ2v) is 5.34. The van der Waals surface area contributed by atoms with E-state index in [0.29, 0.717) is 22.0 Å². The number of carbonyl (C=O) groups excluding carboxylic acids is 2. The van der Waals surface area contributed by atoms with Crippen molar-refractivity contribution in [1.29, 1.82) is 0 Å². The Morgan fingerprint density at radius 2 is 1.83 bits per heavy atom. The zero-order valence-corrected chi connectivity index (χ0v) is 13.6. The zero-order valence-electron chi connectivity index (χ0n) is 12.9. The highest BCUT2D eigenvalue weighted by Crippen LogP contribution is 2.21. The highest BCUT2D eigenvalue weighted by atomic mass is 35.5. The summed E-state index contributed by atoms with van der Waals surface area (Å²) < 4.78 is 5.47. The lowest BCUT2D eigenvalue weighted by atomic mass is 10.2. The van der Waals surface area contributed by atoms with E-state index in [0.717, 1.165) is 5.56 Å². The lowest BCUT2D eigenvalue weighted by molar-refractivity contribution is -0.118. The van der Waals surface area contributed by atoms with Crippen LogP contribution in [0.5, 0.6) is 5.75 Å². The molecule has 0 saturated carbocycles. The molecule has 0 aliphatic rings. The second-order valence-electron chi connectivity index (χ2n) is 4.90. The van der Waals surface area contributed by atoms with Crippen molar-refractivity contribution in [1.82, 2.24) is 5.32 Å². The monoisotopic (exact) mass is 332 g/mol. The van der Waals surface area contributed by atoms with Gasteiger partial charge in [-0.15, -0.1) is 0 Å². The van der Waals surface area contributed by atoms with E-state index >= 15 is 0 Å². The number of ether oxygens (including phenoxy) is 1. The smallest absolute Gasteiger partial charge is 0.262 e. The quantitative estimate of drug-likeness (QED) is 0.884. The molecule has 23 heavy (non-hydrogen) atoms. The van der Waals surface area contributed by atoms with Crippen molar-refractivity contribution in [3.63, 3.8) is 0 Å². The van der Waals surface area contributed by atoms with Gasteiger partial charge in [-0.3, -0.25) is 9.59 Å². The molecule has 5 nitrogen and oxygen atoms in total. The van der Waals surface area contributed by atoms with E-state index in [2.05, 4.69) is 10.6 Å². The van der Waals surface area contributed by atoms with Gasteiger partial charge in [0.05, 0.1) is 0 Å². The van der Waals surface area contributed by atoms with Crippen molar-refractivity contribution >= 4 is 29.1 Å². The summed E-state index contributed by atoms with van der Waals surface area (Å²) in [6.45, 7) is 1.75. The van der Waals surface area contributed by atoms with Gasteiger partial charge in [-0.25, -0.2) is 0 Å². The van der Waals surface area contributed by atoms with Gasteiger partial charge in [-0.05, 0) is 55.0 Å². The van der Waals surface area contributed by atoms with Gasteiger partial charge in [0.25, 0.3) is 11.8 Å². The number of amides is 2. The van der Waals surface area contributed by atoms with E-state index in [1.807, 2.05) is 6.92 Å². The molecule has 2 N–H and O–H groups in total. The minimum absolute atomic E-state index is 0.111. The summed E-state index contributed by atoms with van der Waals surface area (Å²) in [6.07, 6.45) is 0. The van der Waals surface area contributed by atoms with Crippen molar-refractivity contribution in [2.24, 2.45) is 0 Å². The topological polar surface area (TPSA) is 67.4 Å². The largest absolute Gasteiger partial charge is 0.483 e. The molecule has 2 aromatic rings. The van der Waals surface area contributed by atoms with Gasteiger partial charge in [0.2, 0.25) is 0 Å². The number of rotatable bonds is 5. The van der Waals surface area contributed by atoms with Crippen LogP contribution in [0.2, 0.25) is 5.02 Å². The van der Waals surface area contributed by atoms with Gasteiger partial charge < -0.3 is 15.4 Å². The van der Waals surface area contributed by atoms with E-state index in [1.54, 1.807) is 49.5 Å². The Hall–Kier alpha value is -2.53. The molecule has 0 aliphatic carbocycles. The van der Waals surface area contributed by atoms with Crippen LogP contribution in [0.15, 0.2) is 42.5 Å². The van der Waals surface area contributed by atoms with Crippen molar-refractivity contribution in [3.8, 4) is 5.75 Å². The summed E-state index contributed by atoms with van der Waals surface area (Å²) in [6, 6.07) is 11.8. The molecule has 2 amide bonds. The Bertz CT molecular complexity index is 714. The van der Waals surface area contributed by atoms with Gasteiger partial charge >= 0.3 is 0 Å². The fourth-order valence-corrected chi connectivity index (χ4v) is 2.19. The lowest BCUT2D eigenvalue weighted by Crippen LogP contribution is -2.21. The van der Waals surface area contributed by atoms with Crippen LogP contribution in [0.25, 0.3) is 0 Å². The summed E-state index contributed by atoms with van der Waals surface area (Å²) in [7, 11) is 1.56. The Kier molecular flexibility index (Phi) is 5.60. The molecule has 0 radical (unpaired) electrons. The predicted molar refractivity (Wildman–Crippen MR) is 90.1 cm³/mol. The van der Waals surface area contributed by atoms with Crippen LogP contribution in [0.1, 0.15) is 15.9 Å².